The molecule has 0 aliphatic carbocycles. The van der Waals surface area contributed by atoms with Gasteiger partial charge in [0.05, 0.1) is 11.4 Å². The molecule has 2 rings (SSSR count). The predicted molar refractivity (Wildman–Crippen MR) is 134 cm³/mol. The molecule has 14 heteroatoms. The Morgan fingerprint density at radius 2 is 1.08 bits per heavy atom. The summed E-state index contributed by atoms with van der Waals surface area (Å²) in [5.41, 5.74) is 0.340. The van der Waals surface area contributed by atoms with Crippen LogP contribution in [0.25, 0.3) is 0 Å². The van der Waals surface area contributed by atoms with Crippen molar-refractivity contribution in [3.8, 4) is 11.5 Å². The van der Waals surface area contributed by atoms with Crippen LogP contribution in [-0.2, 0) is 28.7 Å². The van der Waals surface area contributed by atoms with Crippen LogP contribution in [0.2, 0.25) is 0 Å². The van der Waals surface area contributed by atoms with Gasteiger partial charge in [-0.25, -0.2) is 0 Å². The summed E-state index contributed by atoms with van der Waals surface area (Å²) in [7, 11) is 0. The third kappa shape index (κ3) is 10.5. The molecule has 0 heterocycles. The van der Waals surface area contributed by atoms with Crippen LogP contribution in [0.15, 0.2) is 48.5 Å². The lowest BCUT2D eigenvalue weighted by Crippen LogP contribution is -2.36. The van der Waals surface area contributed by atoms with Crippen LogP contribution < -0.4 is 19.3 Å². The summed E-state index contributed by atoms with van der Waals surface area (Å²) < 4.78 is 16.9. The summed E-state index contributed by atoms with van der Waals surface area (Å²) in [6, 6.07) is 12.2. The molecule has 0 aliphatic rings. The van der Waals surface area contributed by atoms with Gasteiger partial charge in [-0.05, 0) is 24.3 Å². The molecule has 0 aliphatic heterocycles. The van der Waals surface area contributed by atoms with Crippen LogP contribution in [0.5, 0.6) is 11.5 Å². The molecule has 4 N–H and O–H groups in total. The molecule has 0 aromatic heterocycles. The number of nitrogens with zero attached hydrogens (tertiary/aromatic N) is 2. The van der Waals surface area contributed by atoms with Crippen LogP contribution in [0.3, 0.4) is 0 Å². The number of carboxylic acids is 4. The summed E-state index contributed by atoms with van der Waals surface area (Å²) in [6.07, 6.45) is -0.994. The van der Waals surface area contributed by atoms with E-state index in [2.05, 4.69) is 0 Å². The van der Waals surface area contributed by atoms with E-state index in [9.17, 15) is 44.4 Å². The maximum absolute atomic E-state index is 11.5. The molecule has 0 saturated heterocycles. The van der Waals surface area contributed by atoms with Gasteiger partial charge in [-0.3, -0.25) is 24.0 Å². The molecule has 210 valence electrons. The Labute approximate surface area is 222 Å². The van der Waals surface area contributed by atoms with Crippen molar-refractivity contribution >= 4 is 41.2 Å². The van der Waals surface area contributed by atoms with Crippen molar-refractivity contribution in [1.82, 2.24) is 0 Å². The Balaban J connectivity index is 2.34. The Hall–Kier alpha value is -5.01. The summed E-state index contributed by atoms with van der Waals surface area (Å²) >= 11 is 0. The van der Waals surface area contributed by atoms with Gasteiger partial charge in [0.2, 0.25) is 0 Å². The molecule has 1 atom stereocenters. The zero-order valence-corrected chi connectivity index (χ0v) is 20.9. The SMILES string of the molecule is CC(=O)OCC(COc1ccccc1N(CC(=O)O)CC(=O)O)Oc1ccccc1N(CC(=O)O)CC(=O)O. The van der Waals surface area contributed by atoms with Gasteiger partial charge in [-0.15, -0.1) is 0 Å². The van der Waals surface area contributed by atoms with Crippen molar-refractivity contribution in [2.75, 3.05) is 49.2 Å². The lowest BCUT2D eigenvalue weighted by Gasteiger charge is -2.27. The zero-order valence-electron chi connectivity index (χ0n) is 20.9. The number of aliphatic carboxylic acids is 4. The molecule has 14 nitrogen and oxygen atoms in total. The summed E-state index contributed by atoms with van der Waals surface area (Å²) in [4.78, 5) is 58.9. The molecule has 0 saturated carbocycles. The first kappa shape index (κ1) is 30.2. The second kappa shape index (κ2) is 14.7. The van der Waals surface area contributed by atoms with Crippen LogP contribution >= 0.6 is 0 Å². The number of benzene rings is 2. The molecule has 2 aromatic carbocycles. The van der Waals surface area contributed by atoms with Gasteiger partial charge in [0.25, 0.3) is 0 Å². The first-order valence-electron chi connectivity index (χ1n) is 11.4. The second-order valence-electron chi connectivity index (χ2n) is 8.08. The fourth-order valence-corrected chi connectivity index (χ4v) is 3.45. The fraction of sp³-hybridized carbons (Fsp3) is 0.320. The van der Waals surface area contributed by atoms with Gasteiger partial charge in [0.1, 0.15) is 50.9 Å². The largest absolute Gasteiger partial charge is 0.487 e. The highest BCUT2D eigenvalue weighted by Crippen LogP contribution is 2.31. The number of esters is 1. The van der Waals surface area contributed by atoms with Gasteiger partial charge < -0.3 is 44.4 Å². The lowest BCUT2D eigenvalue weighted by molar-refractivity contribution is -0.144. The van der Waals surface area contributed by atoms with Crippen molar-refractivity contribution in [2.45, 2.75) is 13.0 Å². The molecular weight excluding hydrogens is 520 g/mol. The van der Waals surface area contributed by atoms with E-state index >= 15 is 0 Å². The van der Waals surface area contributed by atoms with E-state index in [-0.39, 0.29) is 36.1 Å². The number of hydrogen-bond donors (Lipinski definition) is 4. The van der Waals surface area contributed by atoms with Crippen LogP contribution in [0.1, 0.15) is 6.92 Å². The van der Waals surface area contributed by atoms with E-state index in [0.29, 0.717) is 0 Å². The van der Waals surface area contributed by atoms with Gasteiger partial charge in [0, 0.05) is 6.92 Å². The van der Waals surface area contributed by atoms with E-state index in [0.717, 1.165) is 9.80 Å². The Morgan fingerprint density at radius 1 is 0.667 bits per heavy atom. The number of anilines is 2. The maximum atomic E-state index is 11.5. The molecular formula is C25H28N2O12. The molecule has 0 fully saturated rings. The topological polar surface area (TPSA) is 200 Å². The molecule has 0 bridgehead atoms. The Morgan fingerprint density at radius 3 is 1.51 bits per heavy atom. The molecule has 2 aromatic rings. The third-order valence-corrected chi connectivity index (χ3v) is 4.91. The van der Waals surface area contributed by atoms with Crippen molar-refractivity contribution < 1.29 is 58.6 Å². The monoisotopic (exact) mass is 548 g/mol. The van der Waals surface area contributed by atoms with Crippen LogP contribution in [-0.4, -0.2) is 95.8 Å². The number of ether oxygens (including phenoxy) is 3. The third-order valence-electron chi connectivity index (χ3n) is 4.91. The van der Waals surface area contributed by atoms with Crippen molar-refractivity contribution in [3.63, 3.8) is 0 Å². The highest BCUT2D eigenvalue weighted by Gasteiger charge is 2.23. The van der Waals surface area contributed by atoms with Gasteiger partial charge in [0.15, 0.2) is 6.10 Å². The fourth-order valence-electron chi connectivity index (χ4n) is 3.45. The Bertz CT molecular complexity index is 1150. The second-order valence-corrected chi connectivity index (χ2v) is 8.08. The summed E-state index contributed by atoms with van der Waals surface area (Å²) in [6.45, 7) is -1.89. The number of hydrogen-bond acceptors (Lipinski definition) is 10. The first-order chi connectivity index (χ1) is 18.5. The van der Waals surface area contributed by atoms with Crippen molar-refractivity contribution in [3.05, 3.63) is 48.5 Å². The van der Waals surface area contributed by atoms with E-state index in [4.69, 9.17) is 14.2 Å². The average molecular weight is 549 g/mol. The van der Waals surface area contributed by atoms with E-state index in [1.54, 1.807) is 24.3 Å². The number of rotatable bonds is 17. The number of carboxylic acid groups (broad SMARTS) is 4. The normalized spacial score (nSPS) is 11.1. The summed E-state index contributed by atoms with van der Waals surface area (Å²) in [5.74, 6) is -5.46. The quantitative estimate of drug-likeness (QED) is 0.204. The molecule has 0 radical (unpaired) electrons. The molecule has 1 unspecified atom stereocenters. The molecule has 0 spiro atoms. The number of para-hydroxylation sites is 4. The minimum atomic E-state index is -1.27. The Kier molecular flexibility index (Phi) is 11.4. The van der Waals surface area contributed by atoms with Gasteiger partial charge in [-0.2, -0.15) is 0 Å². The minimum Gasteiger partial charge on any atom is -0.487 e. The smallest absolute Gasteiger partial charge is 0.323 e. The molecule has 39 heavy (non-hydrogen) atoms. The van der Waals surface area contributed by atoms with E-state index in [1.165, 1.54) is 31.2 Å². The molecule has 0 amide bonds. The van der Waals surface area contributed by atoms with E-state index in [1.807, 2.05) is 0 Å². The van der Waals surface area contributed by atoms with Crippen molar-refractivity contribution in [1.29, 1.82) is 0 Å². The van der Waals surface area contributed by atoms with Crippen LogP contribution in [0.4, 0.5) is 11.4 Å². The standard InChI is InChI=1S/C25H28N2O12/c1-16(28)37-14-17(39-21-9-5-3-7-19(21)27(12-24(33)34)13-25(35)36)15-38-20-8-4-2-6-18(20)26(10-22(29)30)11-23(31)32/h2-9,17H,10-15H2,1H3,(H,29,30)(H,31,32)(H,33,34)(H,35,36). The summed E-state index contributed by atoms with van der Waals surface area (Å²) in [5, 5.41) is 36.9. The van der Waals surface area contributed by atoms with Crippen LogP contribution in [0, 0.1) is 0 Å². The predicted octanol–water partition coefficient (Wildman–Crippen LogP) is 1.03. The maximum Gasteiger partial charge on any atom is 0.323 e. The van der Waals surface area contributed by atoms with E-state index < -0.39 is 62.1 Å². The number of carbonyl (C=O) groups is 5. The number of carbonyl (C=O) groups excluding carboxylic acids is 1. The minimum absolute atomic E-state index is 0.0902. The highest BCUT2D eigenvalue weighted by molar-refractivity contribution is 5.82. The average Bonchev–Trinajstić information content (AvgIpc) is 2.84. The lowest BCUT2D eigenvalue weighted by atomic mass is 10.2. The van der Waals surface area contributed by atoms with Crippen molar-refractivity contribution in [2.24, 2.45) is 0 Å². The van der Waals surface area contributed by atoms with Gasteiger partial charge in [-0.1, -0.05) is 24.3 Å². The highest BCUT2D eigenvalue weighted by atomic mass is 16.6. The first-order valence-corrected chi connectivity index (χ1v) is 11.4. The zero-order chi connectivity index (χ0) is 28.9. The van der Waals surface area contributed by atoms with Gasteiger partial charge >= 0.3 is 29.8 Å².